The van der Waals surface area contributed by atoms with Gasteiger partial charge in [0.25, 0.3) is 10.0 Å². The molecule has 1 heterocycles. The van der Waals surface area contributed by atoms with Crippen LogP contribution in [0.2, 0.25) is 0 Å². The van der Waals surface area contributed by atoms with Gasteiger partial charge < -0.3 is 10.1 Å². The van der Waals surface area contributed by atoms with Crippen molar-refractivity contribution in [2.45, 2.75) is 42.5 Å². The second kappa shape index (κ2) is 8.76. The molecular formula is C21H26N4O6S2. The van der Waals surface area contributed by atoms with E-state index in [1.807, 2.05) is 0 Å². The quantitative estimate of drug-likeness (QED) is 0.634. The molecule has 0 radical (unpaired) electrons. The summed E-state index contributed by atoms with van der Waals surface area (Å²) in [7, 11) is -5.04. The summed E-state index contributed by atoms with van der Waals surface area (Å²) in [5.74, 6) is -0.291. The van der Waals surface area contributed by atoms with Gasteiger partial charge in [-0.3, -0.25) is 4.79 Å². The highest BCUT2D eigenvalue weighted by molar-refractivity contribution is 7.90. The molecule has 0 bridgehead atoms. The number of carbonyl (C=O) groups excluding carboxylic acids is 1. The Hall–Kier alpha value is -2.96. The summed E-state index contributed by atoms with van der Waals surface area (Å²) >= 11 is 0. The third kappa shape index (κ3) is 4.87. The number of ether oxygens (including phenoxy) is 1. The second-order valence-corrected chi connectivity index (χ2v) is 11.9. The standard InChI is InChI=1S/C21H26N4O6S2/c1-21(2,3)25-19(23-15-8-6-7-9-18(15)33(25,29)30)13-20(26)24-16-12-14(32(27,28)22-4)10-11-17(16)31-5/h6-12,22H,13H2,1-5H3,(H,24,26). The van der Waals surface area contributed by atoms with E-state index in [4.69, 9.17) is 4.74 Å². The minimum atomic E-state index is -3.94. The number of carbonyl (C=O) groups is 1. The van der Waals surface area contributed by atoms with Gasteiger partial charge in [-0.2, -0.15) is 0 Å². The van der Waals surface area contributed by atoms with Crippen LogP contribution in [0.1, 0.15) is 27.2 Å². The van der Waals surface area contributed by atoms with Crippen molar-refractivity contribution < 1.29 is 26.4 Å². The molecule has 0 unspecified atom stereocenters. The fraction of sp³-hybridized carbons (Fsp3) is 0.333. The molecule has 3 rings (SSSR count). The molecule has 0 saturated heterocycles. The van der Waals surface area contributed by atoms with Crippen LogP contribution in [0.3, 0.4) is 0 Å². The summed E-state index contributed by atoms with van der Waals surface area (Å²) in [6.45, 7) is 5.13. The summed E-state index contributed by atoms with van der Waals surface area (Å²) in [6.07, 6.45) is -0.364. The number of nitrogens with one attached hydrogen (secondary N) is 2. The molecule has 1 aliphatic heterocycles. The minimum absolute atomic E-state index is 0.0525. The van der Waals surface area contributed by atoms with E-state index in [0.29, 0.717) is 0 Å². The number of sulfonamides is 2. The molecule has 33 heavy (non-hydrogen) atoms. The average molecular weight is 495 g/mol. The van der Waals surface area contributed by atoms with Gasteiger partial charge in [-0.05, 0) is 58.2 Å². The van der Waals surface area contributed by atoms with Crippen molar-refractivity contribution in [1.29, 1.82) is 0 Å². The van der Waals surface area contributed by atoms with Crippen LogP contribution >= 0.6 is 0 Å². The Bertz CT molecular complexity index is 1330. The number of hydrogen-bond donors (Lipinski definition) is 2. The first-order valence-electron chi connectivity index (χ1n) is 9.95. The van der Waals surface area contributed by atoms with Gasteiger partial charge in [0.05, 0.1) is 29.8 Å². The number of fused-ring (bicyclic) bond motifs is 1. The molecule has 2 aromatic rings. The van der Waals surface area contributed by atoms with Crippen molar-refractivity contribution in [2.75, 3.05) is 19.5 Å². The summed E-state index contributed by atoms with van der Waals surface area (Å²) in [6, 6.07) is 10.3. The van der Waals surface area contributed by atoms with Gasteiger partial charge in [0, 0.05) is 5.54 Å². The van der Waals surface area contributed by atoms with Crippen molar-refractivity contribution in [2.24, 2.45) is 4.99 Å². The first kappa shape index (κ1) is 24.7. The Kier molecular flexibility index (Phi) is 6.55. The first-order valence-corrected chi connectivity index (χ1v) is 12.9. The number of hydrogen-bond acceptors (Lipinski definition) is 7. The molecule has 0 saturated carbocycles. The van der Waals surface area contributed by atoms with Crippen LogP contribution in [0.25, 0.3) is 0 Å². The van der Waals surface area contributed by atoms with E-state index in [9.17, 15) is 21.6 Å². The fourth-order valence-corrected chi connectivity index (χ4v) is 6.14. The number of para-hydroxylation sites is 1. The molecule has 2 aromatic carbocycles. The maximum absolute atomic E-state index is 13.3. The average Bonchev–Trinajstić information content (AvgIpc) is 2.72. The number of rotatable bonds is 6. The Morgan fingerprint density at radius 3 is 2.42 bits per heavy atom. The highest BCUT2D eigenvalue weighted by Gasteiger charge is 2.41. The number of aliphatic imine (C=N–C) groups is 1. The van der Waals surface area contributed by atoms with Crippen molar-refractivity contribution in [1.82, 2.24) is 9.03 Å². The van der Waals surface area contributed by atoms with Crippen LogP contribution in [0, 0.1) is 0 Å². The predicted octanol–water partition coefficient (Wildman–Crippen LogP) is 2.46. The lowest BCUT2D eigenvalue weighted by molar-refractivity contribution is -0.115. The molecular weight excluding hydrogens is 468 g/mol. The first-order chi connectivity index (χ1) is 15.3. The summed E-state index contributed by atoms with van der Waals surface area (Å²) in [5, 5.41) is 2.61. The maximum atomic E-state index is 13.3. The van der Waals surface area contributed by atoms with E-state index in [2.05, 4.69) is 15.0 Å². The Balaban J connectivity index is 1.99. The fourth-order valence-electron chi connectivity index (χ4n) is 3.46. The van der Waals surface area contributed by atoms with Crippen molar-refractivity contribution in [3.8, 4) is 5.75 Å². The number of amides is 1. The van der Waals surface area contributed by atoms with E-state index in [1.165, 1.54) is 38.4 Å². The molecule has 10 nitrogen and oxygen atoms in total. The van der Waals surface area contributed by atoms with E-state index < -0.39 is 31.5 Å². The smallest absolute Gasteiger partial charge is 0.267 e. The molecule has 1 amide bonds. The van der Waals surface area contributed by atoms with Crippen LogP contribution in [0.4, 0.5) is 11.4 Å². The highest BCUT2D eigenvalue weighted by atomic mass is 32.2. The lowest BCUT2D eigenvalue weighted by Crippen LogP contribution is -2.51. The molecule has 178 valence electrons. The molecule has 0 atom stereocenters. The van der Waals surface area contributed by atoms with Gasteiger partial charge in [0.1, 0.15) is 16.5 Å². The summed E-state index contributed by atoms with van der Waals surface area (Å²) in [5.41, 5.74) is -0.509. The van der Waals surface area contributed by atoms with E-state index in [0.717, 1.165) is 4.31 Å². The van der Waals surface area contributed by atoms with Crippen LogP contribution in [0.5, 0.6) is 5.75 Å². The Morgan fingerprint density at radius 1 is 1.15 bits per heavy atom. The molecule has 0 aromatic heterocycles. The molecule has 0 fully saturated rings. The number of methoxy groups -OCH3 is 1. The number of benzene rings is 2. The molecule has 2 N–H and O–H groups in total. The second-order valence-electron chi connectivity index (χ2n) is 8.23. The largest absolute Gasteiger partial charge is 0.495 e. The maximum Gasteiger partial charge on any atom is 0.267 e. The third-order valence-electron chi connectivity index (χ3n) is 4.82. The highest BCUT2D eigenvalue weighted by Crippen LogP contribution is 2.37. The zero-order chi connectivity index (χ0) is 24.6. The molecule has 0 spiro atoms. The van der Waals surface area contributed by atoms with Crippen LogP contribution in [-0.2, 0) is 24.8 Å². The third-order valence-corrected chi connectivity index (χ3v) is 8.37. The van der Waals surface area contributed by atoms with E-state index in [-0.39, 0.29) is 39.2 Å². The monoisotopic (exact) mass is 494 g/mol. The van der Waals surface area contributed by atoms with Gasteiger partial charge in [-0.1, -0.05) is 12.1 Å². The number of anilines is 1. The van der Waals surface area contributed by atoms with Crippen molar-refractivity contribution in [3.63, 3.8) is 0 Å². The molecule has 12 heteroatoms. The predicted molar refractivity (Wildman–Crippen MR) is 125 cm³/mol. The zero-order valence-corrected chi connectivity index (χ0v) is 20.5. The lowest BCUT2D eigenvalue weighted by Gasteiger charge is -2.39. The lowest BCUT2D eigenvalue weighted by atomic mass is 10.1. The van der Waals surface area contributed by atoms with E-state index >= 15 is 0 Å². The minimum Gasteiger partial charge on any atom is -0.495 e. The Labute approximate surface area is 193 Å². The van der Waals surface area contributed by atoms with Crippen molar-refractivity contribution in [3.05, 3.63) is 42.5 Å². The number of nitrogens with zero attached hydrogens (tertiary/aromatic N) is 2. The molecule has 1 aliphatic rings. The van der Waals surface area contributed by atoms with Crippen molar-refractivity contribution >= 4 is 43.2 Å². The van der Waals surface area contributed by atoms with Crippen LogP contribution in [0.15, 0.2) is 57.2 Å². The van der Waals surface area contributed by atoms with Gasteiger partial charge in [0.2, 0.25) is 15.9 Å². The SMILES string of the molecule is CNS(=O)(=O)c1ccc(OC)c(NC(=O)CC2=Nc3ccccc3S(=O)(=O)N2C(C)(C)C)c1. The zero-order valence-electron chi connectivity index (χ0n) is 18.9. The summed E-state index contributed by atoms with van der Waals surface area (Å²) in [4.78, 5) is 17.4. The van der Waals surface area contributed by atoms with Gasteiger partial charge in [0.15, 0.2) is 0 Å². The molecule has 0 aliphatic carbocycles. The normalized spacial score (nSPS) is 15.4. The Morgan fingerprint density at radius 2 is 1.82 bits per heavy atom. The van der Waals surface area contributed by atoms with Gasteiger partial charge >= 0.3 is 0 Å². The van der Waals surface area contributed by atoms with Gasteiger partial charge in [-0.25, -0.2) is 30.9 Å². The van der Waals surface area contributed by atoms with E-state index in [1.54, 1.807) is 39.0 Å². The van der Waals surface area contributed by atoms with Crippen LogP contribution < -0.4 is 14.8 Å². The van der Waals surface area contributed by atoms with Crippen LogP contribution in [-0.4, -0.2) is 52.6 Å². The summed E-state index contributed by atoms with van der Waals surface area (Å²) < 4.78 is 59.5. The number of amidine groups is 1. The van der Waals surface area contributed by atoms with Gasteiger partial charge in [-0.15, -0.1) is 0 Å². The topological polar surface area (TPSA) is 134 Å².